The molecule has 0 saturated carbocycles. The number of rotatable bonds is 58. The predicted molar refractivity (Wildman–Crippen MR) is 307 cm³/mol. The molecule has 0 rings (SSSR count). The molecule has 0 fully saturated rings. The zero-order valence-corrected chi connectivity index (χ0v) is 47.8. The lowest BCUT2D eigenvalue weighted by molar-refractivity contribution is -0.167. The second-order valence-electron chi connectivity index (χ2n) is 21.3. The maximum atomic E-state index is 12.9. The molecule has 0 aromatic heterocycles. The lowest BCUT2D eigenvalue weighted by Gasteiger charge is -2.18. The number of unbranched alkanes of at least 4 members (excludes halogenated alkanes) is 41. The molecular weight excluding hydrogens is 877 g/mol. The van der Waals surface area contributed by atoms with Crippen LogP contribution in [0.25, 0.3) is 0 Å². The molecule has 0 bridgehead atoms. The first-order valence-electron chi connectivity index (χ1n) is 31.5. The average molecular weight is 998 g/mol. The first kappa shape index (κ1) is 68.6. The highest BCUT2D eigenvalue weighted by Gasteiger charge is 2.19. The monoisotopic (exact) mass is 997 g/mol. The van der Waals surface area contributed by atoms with Crippen LogP contribution in [0, 0.1) is 0 Å². The van der Waals surface area contributed by atoms with Crippen molar-refractivity contribution in [1.29, 1.82) is 0 Å². The van der Waals surface area contributed by atoms with Gasteiger partial charge in [-0.25, -0.2) is 0 Å². The second-order valence-corrected chi connectivity index (χ2v) is 21.3. The van der Waals surface area contributed by atoms with Crippen LogP contribution in [0.4, 0.5) is 0 Å². The number of hydrogen-bond acceptors (Lipinski definition) is 6. The van der Waals surface area contributed by atoms with Gasteiger partial charge in [-0.15, -0.1) is 0 Å². The molecule has 0 aliphatic heterocycles. The van der Waals surface area contributed by atoms with Gasteiger partial charge >= 0.3 is 17.9 Å². The van der Waals surface area contributed by atoms with Crippen molar-refractivity contribution < 1.29 is 28.6 Å². The smallest absolute Gasteiger partial charge is 0.306 e. The zero-order chi connectivity index (χ0) is 51.4. The molecule has 0 heterocycles. The van der Waals surface area contributed by atoms with Crippen molar-refractivity contribution in [2.24, 2.45) is 0 Å². The van der Waals surface area contributed by atoms with Crippen molar-refractivity contribution in [3.63, 3.8) is 0 Å². The molecular formula is C65H120O6. The fourth-order valence-corrected chi connectivity index (χ4v) is 9.40. The molecule has 416 valence electrons. The standard InChI is InChI=1S/C65H120O6/c1-4-7-10-13-16-19-22-25-28-31-32-35-38-41-44-47-50-53-56-59-65(68)71-62(60-69-63(66)57-54-51-48-45-42-39-36-33-29-26-23-20-17-14-11-8-5-2)61-70-64(67)58-55-52-49-46-43-40-37-34-30-27-24-21-18-15-12-9-6-3/h26,29,36,39,45,48,62H,4-25,27-28,30-35,37-38,40-44,46-47,49-61H2,1-3H3/b29-26-,39-36-,48-45-/t62-/m1/s1. The van der Waals surface area contributed by atoms with Gasteiger partial charge in [0.2, 0.25) is 0 Å². The predicted octanol–water partition coefficient (Wildman–Crippen LogP) is 21.2. The van der Waals surface area contributed by atoms with Crippen LogP contribution in [0.3, 0.4) is 0 Å². The Balaban J connectivity index is 4.38. The third kappa shape index (κ3) is 58.4. The summed E-state index contributed by atoms with van der Waals surface area (Å²) in [5, 5.41) is 0. The van der Waals surface area contributed by atoms with E-state index in [1.54, 1.807) is 0 Å². The topological polar surface area (TPSA) is 78.9 Å². The van der Waals surface area contributed by atoms with Crippen LogP contribution in [0.5, 0.6) is 0 Å². The Hall–Kier alpha value is -2.37. The summed E-state index contributed by atoms with van der Waals surface area (Å²) in [6.45, 7) is 6.65. The van der Waals surface area contributed by atoms with Gasteiger partial charge in [-0.3, -0.25) is 14.4 Å². The van der Waals surface area contributed by atoms with Gasteiger partial charge in [0.05, 0.1) is 0 Å². The Kier molecular flexibility index (Phi) is 58.2. The third-order valence-electron chi connectivity index (χ3n) is 14.1. The number of esters is 3. The van der Waals surface area contributed by atoms with Crippen molar-refractivity contribution >= 4 is 17.9 Å². The third-order valence-corrected chi connectivity index (χ3v) is 14.1. The Labute approximate surface area is 442 Å². The highest BCUT2D eigenvalue weighted by atomic mass is 16.6. The molecule has 0 N–H and O–H groups in total. The first-order chi connectivity index (χ1) is 35.0. The van der Waals surface area contributed by atoms with E-state index in [1.807, 2.05) is 0 Å². The van der Waals surface area contributed by atoms with Gasteiger partial charge in [-0.05, 0) is 51.4 Å². The van der Waals surface area contributed by atoms with E-state index >= 15 is 0 Å². The fraction of sp³-hybridized carbons (Fsp3) is 0.862. The minimum absolute atomic E-state index is 0.0822. The molecule has 0 unspecified atom stereocenters. The van der Waals surface area contributed by atoms with Crippen LogP contribution in [0.15, 0.2) is 36.5 Å². The summed E-state index contributed by atoms with van der Waals surface area (Å²) in [5.74, 6) is -0.912. The molecule has 71 heavy (non-hydrogen) atoms. The molecule has 0 radical (unpaired) electrons. The molecule has 0 aromatic carbocycles. The lowest BCUT2D eigenvalue weighted by Crippen LogP contribution is -2.30. The summed E-state index contributed by atoms with van der Waals surface area (Å²) in [5.41, 5.74) is 0. The summed E-state index contributed by atoms with van der Waals surface area (Å²) >= 11 is 0. The largest absolute Gasteiger partial charge is 0.462 e. The molecule has 0 aromatic rings. The molecule has 6 nitrogen and oxygen atoms in total. The van der Waals surface area contributed by atoms with Crippen LogP contribution in [-0.2, 0) is 28.6 Å². The lowest BCUT2D eigenvalue weighted by atomic mass is 10.0. The number of hydrogen-bond donors (Lipinski definition) is 0. The Morgan fingerprint density at radius 3 is 0.845 bits per heavy atom. The van der Waals surface area contributed by atoms with Crippen LogP contribution in [0.1, 0.15) is 342 Å². The van der Waals surface area contributed by atoms with Crippen molar-refractivity contribution in [2.75, 3.05) is 13.2 Å². The van der Waals surface area contributed by atoms with Gasteiger partial charge in [0.15, 0.2) is 6.10 Å². The van der Waals surface area contributed by atoms with Crippen molar-refractivity contribution in [3.8, 4) is 0 Å². The Morgan fingerprint density at radius 2 is 0.521 bits per heavy atom. The average Bonchev–Trinajstić information content (AvgIpc) is 3.37. The molecule has 0 aliphatic rings. The highest BCUT2D eigenvalue weighted by Crippen LogP contribution is 2.18. The molecule has 6 heteroatoms. The molecule has 0 spiro atoms. The maximum Gasteiger partial charge on any atom is 0.306 e. The van der Waals surface area contributed by atoms with Crippen molar-refractivity contribution in [3.05, 3.63) is 36.5 Å². The zero-order valence-electron chi connectivity index (χ0n) is 47.8. The Morgan fingerprint density at radius 1 is 0.282 bits per heavy atom. The summed E-state index contributed by atoms with van der Waals surface area (Å²) < 4.78 is 16.9. The minimum Gasteiger partial charge on any atom is -0.462 e. The van der Waals surface area contributed by atoms with Gasteiger partial charge in [-0.2, -0.15) is 0 Å². The van der Waals surface area contributed by atoms with Gasteiger partial charge in [0.25, 0.3) is 0 Å². The van der Waals surface area contributed by atoms with E-state index in [1.165, 1.54) is 238 Å². The van der Waals surface area contributed by atoms with Gasteiger partial charge < -0.3 is 14.2 Å². The molecule has 0 amide bonds. The van der Waals surface area contributed by atoms with Crippen LogP contribution in [0.2, 0.25) is 0 Å². The van der Waals surface area contributed by atoms with Crippen LogP contribution in [-0.4, -0.2) is 37.2 Å². The van der Waals surface area contributed by atoms with Gasteiger partial charge in [0, 0.05) is 19.3 Å². The van der Waals surface area contributed by atoms with E-state index in [4.69, 9.17) is 14.2 Å². The van der Waals surface area contributed by atoms with E-state index in [2.05, 4.69) is 57.2 Å². The minimum atomic E-state index is -0.789. The maximum absolute atomic E-state index is 12.9. The van der Waals surface area contributed by atoms with E-state index in [9.17, 15) is 14.4 Å². The summed E-state index contributed by atoms with van der Waals surface area (Å²) in [4.78, 5) is 38.3. The van der Waals surface area contributed by atoms with Gasteiger partial charge in [-0.1, -0.05) is 308 Å². The molecule has 0 saturated heterocycles. The summed E-state index contributed by atoms with van der Waals surface area (Å²) in [6.07, 6.45) is 72.9. The SMILES string of the molecule is CCCCCCCC/C=C\C/C=C\C/C=C\CCCC(=O)OC[C@H](COC(=O)CCCCCCCCCCCCCCCCCCC)OC(=O)CCCCCCCCCCCCCCCCCCCCC. The number of allylic oxidation sites excluding steroid dienone is 6. The normalized spacial score (nSPS) is 12.2. The quantitative estimate of drug-likeness (QED) is 0.0261. The van der Waals surface area contributed by atoms with E-state index in [0.29, 0.717) is 25.7 Å². The fourth-order valence-electron chi connectivity index (χ4n) is 9.40. The second kappa shape index (κ2) is 60.2. The molecule has 0 aliphatic carbocycles. The number of carbonyl (C=O) groups excluding carboxylic acids is 3. The van der Waals surface area contributed by atoms with Crippen LogP contribution >= 0.6 is 0 Å². The summed E-state index contributed by atoms with van der Waals surface area (Å²) in [7, 11) is 0. The van der Waals surface area contributed by atoms with E-state index in [0.717, 1.165) is 57.8 Å². The Bertz CT molecular complexity index is 1190. The van der Waals surface area contributed by atoms with Crippen molar-refractivity contribution in [2.45, 2.75) is 348 Å². The highest BCUT2D eigenvalue weighted by molar-refractivity contribution is 5.71. The first-order valence-corrected chi connectivity index (χ1v) is 31.5. The van der Waals surface area contributed by atoms with Crippen LogP contribution < -0.4 is 0 Å². The number of ether oxygens (including phenoxy) is 3. The number of carbonyl (C=O) groups is 3. The summed E-state index contributed by atoms with van der Waals surface area (Å²) in [6, 6.07) is 0. The van der Waals surface area contributed by atoms with Gasteiger partial charge in [0.1, 0.15) is 13.2 Å². The molecule has 1 atom stereocenters. The van der Waals surface area contributed by atoms with E-state index in [-0.39, 0.29) is 31.1 Å². The van der Waals surface area contributed by atoms with E-state index < -0.39 is 6.10 Å². The van der Waals surface area contributed by atoms with Crippen molar-refractivity contribution in [1.82, 2.24) is 0 Å².